The zero-order valence-electron chi connectivity index (χ0n) is 19.8. The van der Waals surface area contributed by atoms with Crippen LogP contribution in [-0.2, 0) is 6.18 Å². The molecule has 0 spiro atoms. The summed E-state index contributed by atoms with van der Waals surface area (Å²) in [5, 5.41) is 9.03. The minimum atomic E-state index is -4.74. The Labute approximate surface area is 205 Å². The molecular formula is C26H26F4N6. The second kappa shape index (κ2) is 7.50. The van der Waals surface area contributed by atoms with Crippen LogP contribution in [0.2, 0.25) is 0 Å². The number of nitrogens with one attached hydrogen (secondary N) is 1. The van der Waals surface area contributed by atoms with Crippen molar-refractivity contribution in [3.63, 3.8) is 0 Å². The van der Waals surface area contributed by atoms with Gasteiger partial charge in [0.15, 0.2) is 5.82 Å². The second-order valence-corrected chi connectivity index (χ2v) is 10.6. The van der Waals surface area contributed by atoms with Crippen LogP contribution < -0.4 is 11.1 Å². The van der Waals surface area contributed by atoms with Gasteiger partial charge in [-0.25, -0.2) is 14.4 Å². The molecule has 0 bridgehead atoms. The van der Waals surface area contributed by atoms with E-state index in [0.717, 1.165) is 62.5 Å². The summed E-state index contributed by atoms with van der Waals surface area (Å²) in [6, 6.07) is 1.15. The summed E-state index contributed by atoms with van der Waals surface area (Å²) in [4.78, 5) is 8.49. The number of pyridine rings is 2. The highest BCUT2D eigenvalue weighted by atomic mass is 19.4. The van der Waals surface area contributed by atoms with Crippen LogP contribution in [0.25, 0.3) is 27.7 Å². The second-order valence-electron chi connectivity index (χ2n) is 10.6. The van der Waals surface area contributed by atoms with Crippen molar-refractivity contribution >= 4 is 22.3 Å². The van der Waals surface area contributed by atoms with Crippen molar-refractivity contribution in [2.45, 2.75) is 57.2 Å². The van der Waals surface area contributed by atoms with Crippen LogP contribution in [0.3, 0.4) is 0 Å². The maximum atomic E-state index is 16.5. The lowest BCUT2D eigenvalue weighted by atomic mass is 9.97. The number of anilines is 1. The smallest absolute Gasteiger partial charge is 0.384 e. The van der Waals surface area contributed by atoms with E-state index < -0.39 is 17.6 Å². The van der Waals surface area contributed by atoms with Crippen LogP contribution in [0.1, 0.15) is 66.7 Å². The van der Waals surface area contributed by atoms with Crippen molar-refractivity contribution in [1.29, 1.82) is 0 Å². The molecule has 4 heterocycles. The summed E-state index contributed by atoms with van der Waals surface area (Å²) in [6.45, 7) is 3.05. The number of fused-ring (bicyclic) bond motifs is 2. The number of aryl methyl sites for hydroxylation is 1. The van der Waals surface area contributed by atoms with Gasteiger partial charge in [-0.05, 0) is 75.6 Å². The topological polar surface area (TPSA) is 81.7 Å². The normalized spacial score (nSPS) is 25.5. The molecule has 0 aromatic carbocycles. The van der Waals surface area contributed by atoms with Crippen molar-refractivity contribution in [1.82, 2.24) is 25.1 Å². The van der Waals surface area contributed by atoms with Crippen molar-refractivity contribution in [2.24, 2.45) is 11.8 Å². The fraction of sp³-hybridized carbons (Fsp3) is 0.500. The van der Waals surface area contributed by atoms with E-state index in [4.69, 9.17) is 10.8 Å². The molecule has 2 saturated carbocycles. The number of rotatable bonds is 4. The average Bonchev–Trinajstić information content (AvgIpc) is 3.53. The number of nitrogens with two attached hydrogens (primary N) is 1. The number of allylic oxidation sites excluding steroid dienone is 2. The van der Waals surface area contributed by atoms with E-state index in [1.807, 2.05) is 0 Å². The van der Waals surface area contributed by atoms with Crippen molar-refractivity contribution < 1.29 is 17.6 Å². The highest BCUT2D eigenvalue weighted by Crippen LogP contribution is 2.58. The quantitative estimate of drug-likeness (QED) is 0.473. The van der Waals surface area contributed by atoms with Gasteiger partial charge < -0.3 is 11.1 Å². The van der Waals surface area contributed by atoms with Gasteiger partial charge >= 0.3 is 6.18 Å². The number of hydrogen-bond acceptors (Lipinski definition) is 5. The fourth-order valence-electron chi connectivity index (χ4n) is 6.40. The van der Waals surface area contributed by atoms with Crippen LogP contribution in [0.15, 0.2) is 12.1 Å². The number of aromatic nitrogens is 4. The molecule has 3 aromatic rings. The molecule has 1 aliphatic heterocycles. The van der Waals surface area contributed by atoms with E-state index in [1.165, 1.54) is 6.92 Å². The summed E-state index contributed by atoms with van der Waals surface area (Å²) in [5.41, 5.74) is 6.51. The predicted molar refractivity (Wildman–Crippen MR) is 128 cm³/mol. The summed E-state index contributed by atoms with van der Waals surface area (Å²) in [7, 11) is 0. The molecular weight excluding hydrogens is 472 g/mol. The maximum Gasteiger partial charge on any atom is 0.418 e. The molecule has 0 amide bonds. The van der Waals surface area contributed by atoms with E-state index in [1.54, 1.807) is 4.68 Å². The molecule has 1 saturated heterocycles. The first kappa shape index (κ1) is 22.2. The summed E-state index contributed by atoms with van der Waals surface area (Å²) < 4.78 is 60.8. The first-order valence-corrected chi connectivity index (χ1v) is 12.6. The molecule has 0 radical (unpaired) electrons. The van der Waals surface area contributed by atoms with Gasteiger partial charge in [-0.15, -0.1) is 0 Å². The van der Waals surface area contributed by atoms with E-state index in [9.17, 15) is 13.2 Å². The van der Waals surface area contributed by atoms with Gasteiger partial charge in [0.1, 0.15) is 17.0 Å². The highest BCUT2D eigenvalue weighted by molar-refractivity contribution is 5.96. The fourth-order valence-corrected chi connectivity index (χ4v) is 6.40. The standard InChI is InChI=1S/C26H26F4N6/c1-11-20(26(28,29)30)14(8-17(31)33-11)23-21(27)25-19(22(34-23)12-4-2-3-5-12)24(35-36(25)13-6-7-13)18-15-9-32-10-16(15)18/h4,8,13,15-16,18,32H,2-3,5-7,9-10H2,1H3,(H2,31,33)/t15-,16+,18?. The zero-order chi connectivity index (χ0) is 24.9. The zero-order valence-corrected chi connectivity index (χ0v) is 19.8. The number of alkyl halides is 3. The number of hydrogen-bond donors (Lipinski definition) is 2. The summed E-state index contributed by atoms with van der Waals surface area (Å²) in [5.74, 6) is 0.281. The van der Waals surface area contributed by atoms with E-state index >= 15 is 4.39 Å². The third kappa shape index (κ3) is 3.22. The Hall–Kier alpha value is -3.01. The predicted octanol–water partition coefficient (Wildman–Crippen LogP) is 5.38. The average molecular weight is 499 g/mol. The van der Waals surface area contributed by atoms with Gasteiger partial charge in [-0.1, -0.05) is 6.08 Å². The third-order valence-corrected chi connectivity index (χ3v) is 8.22. The molecule has 188 valence electrons. The van der Waals surface area contributed by atoms with Gasteiger partial charge in [-0.3, -0.25) is 4.68 Å². The number of piperidine rings is 1. The molecule has 3 aromatic heterocycles. The number of nitrogens with zero attached hydrogens (tertiary/aromatic N) is 4. The first-order valence-electron chi connectivity index (χ1n) is 12.6. The van der Waals surface area contributed by atoms with Crippen molar-refractivity contribution in [3.8, 4) is 11.3 Å². The van der Waals surface area contributed by atoms with Gasteiger partial charge in [0.05, 0.1) is 34.1 Å². The molecule has 6 nitrogen and oxygen atoms in total. The molecule has 36 heavy (non-hydrogen) atoms. The summed E-state index contributed by atoms with van der Waals surface area (Å²) in [6.07, 6.45) is 1.64. The Balaban J connectivity index is 1.55. The maximum absolute atomic E-state index is 16.5. The minimum absolute atomic E-state index is 0.0551. The molecule has 10 heteroatoms. The molecule has 1 unspecified atom stereocenters. The van der Waals surface area contributed by atoms with Crippen molar-refractivity contribution in [3.05, 3.63) is 40.6 Å². The van der Waals surface area contributed by atoms with Crippen LogP contribution in [-0.4, -0.2) is 32.8 Å². The molecule has 3 N–H and O–H groups in total. The van der Waals surface area contributed by atoms with E-state index in [2.05, 4.69) is 21.4 Å². The van der Waals surface area contributed by atoms with Gasteiger partial charge in [0, 0.05) is 11.5 Å². The SMILES string of the molecule is Cc1nc(N)cc(-c2nc(C3=CCCC3)c3c(C4[C@H]5CNC[C@@H]45)nn(C4CC4)c3c2F)c1C(F)(F)F. The van der Waals surface area contributed by atoms with Gasteiger partial charge in [-0.2, -0.15) is 18.3 Å². The van der Waals surface area contributed by atoms with Crippen LogP contribution in [0, 0.1) is 24.6 Å². The van der Waals surface area contributed by atoms with Crippen LogP contribution in [0.4, 0.5) is 23.4 Å². The third-order valence-electron chi connectivity index (χ3n) is 8.22. The van der Waals surface area contributed by atoms with Gasteiger partial charge in [0.25, 0.3) is 0 Å². The summed E-state index contributed by atoms with van der Waals surface area (Å²) >= 11 is 0. The Morgan fingerprint density at radius 3 is 2.50 bits per heavy atom. The lowest BCUT2D eigenvalue weighted by Gasteiger charge is -2.18. The van der Waals surface area contributed by atoms with E-state index in [0.29, 0.717) is 22.9 Å². The van der Waals surface area contributed by atoms with Crippen LogP contribution >= 0.6 is 0 Å². The molecule has 3 aliphatic carbocycles. The Bertz CT molecular complexity index is 1440. The molecule has 4 aliphatic rings. The number of halogens is 4. The highest BCUT2D eigenvalue weighted by Gasteiger charge is 2.56. The monoisotopic (exact) mass is 498 g/mol. The molecule has 7 rings (SSSR count). The minimum Gasteiger partial charge on any atom is -0.384 e. The first-order chi connectivity index (χ1) is 17.2. The lowest BCUT2D eigenvalue weighted by molar-refractivity contribution is -0.137. The molecule has 3 atom stereocenters. The Kier molecular flexibility index (Phi) is 4.63. The van der Waals surface area contributed by atoms with Gasteiger partial charge in [0.2, 0.25) is 0 Å². The number of nitrogen functional groups attached to an aromatic ring is 1. The largest absolute Gasteiger partial charge is 0.418 e. The Morgan fingerprint density at radius 1 is 1.11 bits per heavy atom. The molecule has 3 fully saturated rings. The van der Waals surface area contributed by atoms with Crippen molar-refractivity contribution in [2.75, 3.05) is 18.8 Å². The van der Waals surface area contributed by atoms with Crippen LogP contribution in [0.5, 0.6) is 0 Å². The lowest BCUT2D eigenvalue weighted by Crippen LogP contribution is -2.14. The Morgan fingerprint density at radius 2 is 1.86 bits per heavy atom. The van der Waals surface area contributed by atoms with E-state index in [-0.39, 0.29) is 40.2 Å².